The van der Waals surface area contributed by atoms with E-state index in [2.05, 4.69) is 24.1 Å². The molecule has 3 aliphatic rings. The van der Waals surface area contributed by atoms with Gasteiger partial charge in [0, 0.05) is 6.54 Å². The van der Waals surface area contributed by atoms with Gasteiger partial charge in [-0.05, 0) is 38.0 Å². The molecule has 3 atom stereocenters. The van der Waals surface area contributed by atoms with Gasteiger partial charge in [0.1, 0.15) is 0 Å². The van der Waals surface area contributed by atoms with Crippen LogP contribution in [0.4, 0.5) is 0 Å². The fourth-order valence-electron chi connectivity index (χ4n) is 3.63. The van der Waals surface area contributed by atoms with Crippen LogP contribution in [0.25, 0.3) is 0 Å². The van der Waals surface area contributed by atoms with Crippen molar-refractivity contribution in [2.24, 2.45) is 11.8 Å². The van der Waals surface area contributed by atoms with E-state index in [9.17, 15) is 4.79 Å². The largest absolute Gasteiger partial charge is 0.326 e. The fourth-order valence-corrected chi connectivity index (χ4v) is 3.63. The van der Waals surface area contributed by atoms with E-state index in [4.69, 9.17) is 0 Å². The number of hydrogen-bond donors (Lipinski definition) is 1. The Hall–Kier alpha value is -0.570. The zero-order chi connectivity index (χ0) is 12.0. The average molecular weight is 236 g/mol. The summed E-state index contributed by atoms with van der Waals surface area (Å²) < 4.78 is 0. The molecule has 3 nitrogen and oxygen atoms in total. The second-order valence-corrected chi connectivity index (χ2v) is 6.38. The molecule has 3 heteroatoms. The van der Waals surface area contributed by atoms with Gasteiger partial charge in [0.25, 0.3) is 0 Å². The minimum atomic E-state index is -0.128. The maximum Gasteiger partial charge on any atom is 0.244 e. The Balaban J connectivity index is 1.66. The van der Waals surface area contributed by atoms with E-state index in [0.717, 1.165) is 31.2 Å². The summed E-state index contributed by atoms with van der Waals surface area (Å²) in [5, 5.41) is 3.48. The number of amides is 1. The molecule has 1 spiro atoms. The lowest BCUT2D eigenvalue weighted by atomic mass is 9.80. The van der Waals surface area contributed by atoms with Crippen molar-refractivity contribution in [2.75, 3.05) is 6.54 Å². The first-order valence-electron chi connectivity index (χ1n) is 7.21. The molecule has 3 rings (SSSR count). The highest BCUT2D eigenvalue weighted by Crippen LogP contribution is 2.43. The second-order valence-electron chi connectivity index (χ2n) is 6.38. The number of rotatable bonds is 2. The first kappa shape index (κ1) is 11.5. The topological polar surface area (TPSA) is 32.3 Å². The molecule has 0 aromatic heterocycles. The Morgan fingerprint density at radius 1 is 1.29 bits per heavy atom. The van der Waals surface area contributed by atoms with Gasteiger partial charge in [-0.1, -0.05) is 26.2 Å². The zero-order valence-electron chi connectivity index (χ0n) is 11.0. The number of carbonyl (C=O) groups excluding carboxylic acids is 1. The smallest absolute Gasteiger partial charge is 0.244 e. The molecule has 1 amide bonds. The summed E-state index contributed by atoms with van der Waals surface area (Å²) in [7, 11) is 0. The maximum absolute atomic E-state index is 12.3. The number of nitrogens with one attached hydrogen (secondary N) is 1. The number of nitrogens with zero attached hydrogens (tertiary/aromatic N) is 1. The standard InChI is InChI=1S/C14H24N2O/c1-10-5-3-4-6-12(10)9-16-11(2)15-14(7-8-14)13(16)17/h10-12,15H,3-9H2,1-2H3. The summed E-state index contributed by atoms with van der Waals surface area (Å²) >= 11 is 0. The van der Waals surface area contributed by atoms with E-state index in [1.165, 1.54) is 25.7 Å². The lowest BCUT2D eigenvalue weighted by molar-refractivity contribution is -0.131. The van der Waals surface area contributed by atoms with Gasteiger partial charge >= 0.3 is 0 Å². The van der Waals surface area contributed by atoms with E-state index in [1.807, 2.05) is 0 Å². The van der Waals surface area contributed by atoms with Gasteiger partial charge in [-0.15, -0.1) is 0 Å². The van der Waals surface area contributed by atoms with Crippen LogP contribution in [0, 0.1) is 11.8 Å². The van der Waals surface area contributed by atoms with Crippen LogP contribution < -0.4 is 5.32 Å². The molecule has 17 heavy (non-hydrogen) atoms. The van der Waals surface area contributed by atoms with Gasteiger partial charge in [-0.2, -0.15) is 0 Å². The molecule has 1 saturated heterocycles. The molecule has 1 aliphatic heterocycles. The fraction of sp³-hybridized carbons (Fsp3) is 0.929. The Labute approximate surface area is 104 Å². The summed E-state index contributed by atoms with van der Waals surface area (Å²) in [6.45, 7) is 5.48. The number of carbonyl (C=O) groups is 1. The molecular formula is C14H24N2O. The lowest BCUT2D eigenvalue weighted by Crippen LogP contribution is -2.40. The Morgan fingerprint density at radius 3 is 2.59 bits per heavy atom. The summed E-state index contributed by atoms with van der Waals surface area (Å²) in [5.41, 5.74) is -0.128. The van der Waals surface area contributed by atoms with Crippen molar-refractivity contribution in [3.63, 3.8) is 0 Å². The normalized spacial score (nSPS) is 40.0. The Kier molecular flexibility index (Phi) is 2.69. The van der Waals surface area contributed by atoms with Crippen LogP contribution in [0.1, 0.15) is 52.4 Å². The minimum absolute atomic E-state index is 0.128. The third kappa shape index (κ3) is 1.88. The molecule has 0 bridgehead atoms. The van der Waals surface area contributed by atoms with Crippen LogP contribution in [-0.4, -0.2) is 29.1 Å². The van der Waals surface area contributed by atoms with E-state index in [1.54, 1.807) is 0 Å². The quantitative estimate of drug-likeness (QED) is 0.796. The molecule has 0 aromatic rings. The van der Waals surface area contributed by atoms with Crippen LogP contribution in [0.3, 0.4) is 0 Å². The molecule has 0 radical (unpaired) electrons. The van der Waals surface area contributed by atoms with E-state index in [0.29, 0.717) is 5.91 Å². The van der Waals surface area contributed by atoms with Crippen LogP contribution in [0.2, 0.25) is 0 Å². The van der Waals surface area contributed by atoms with Crippen molar-refractivity contribution in [2.45, 2.75) is 64.1 Å². The molecule has 3 unspecified atom stereocenters. The van der Waals surface area contributed by atoms with Gasteiger partial charge in [-0.3, -0.25) is 10.1 Å². The highest BCUT2D eigenvalue weighted by atomic mass is 16.2. The Morgan fingerprint density at radius 2 is 2.00 bits per heavy atom. The second kappa shape index (κ2) is 3.98. The molecule has 3 fully saturated rings. The highest BCUT2D eigenvalue weighted by Gasteiger charge is 2.58. The summed E-state index contributed by atoms with van der Waals surface area (Å²) in [6, 6.07) is 0. The van der Waals surface area contributed by atoms with Gasteiger partial charge in [0.15, 0.2) is 0 Å². The maximum atomic E-state index is 12.3. The monoisotopic (exact) mass is 236 g/mol. The van der Waals surface area contributed by atoms with Crippen LogP contribution in [-0.2, 0) is 4.79 Å². The lowest BCUT2D eigenvalue weighted by Gasteiger charge is -2.33. The average Bonchev–Trinajstić information content (AvgIpc) is 3.03. The van der Waals surface area contributed by atoms with Crippen LogP contribution >= 0.6 is 0 Å². The van der Waals surface area contributed by atoms with Crippen molar-refractivity contribution in [1.29, 1.82) is 0 Å². The molecule has 1 N–H and O–H groups in total. The number of hydrogen-bond acceptors (Lipinski definition) is 2. The molecule has 96 valence electrons. The van der Waals surface area contributed by atoms with Crippen LogP contribution in [0.5, 0.6) is 0 Å². The van der Waals surface area contributed by atoms with Crippen LogP contribution in [0.15, 0.2) is 0 Å². The van der Waals surface area contributed by atoms with Crippen molar-refractivity contribution in [1.82, 2.24) is 10.2 Å². The van der Waals surface area contributed by atoms with Crippen molar-refractivity contribution >= 4 is 5.91 Å². The van der Waals surface area contributed by atoms with Gasteiger partial charge in [-0.25, -0.2) is 0 Å². The predicted octanol–water partition coefficient (Wildman–Crippen LogP) is 2.12. The van der Waals surface area contributed by atoms with Gasteiger partial charge in [0.05, 0.1) is 11.7 Å². The highest BCUT2D eigenvalue weighted by molar-refractivity contribution is 5.91. The molecule has 0 aromatic carbocycles. The summed E-state index contributed by atoms with van der Waals surface area (Å²) in [4.78, 5) is 14.5. The first-order valence-corrected chi connectivity index (χ1v) is 7.21. The van der Waals surface area contributed by atoms with Crippen molar-refractivity contribution in [3.8, 4) is 0 Å². The van der Waals surface area contributed by atoms with E-state index in [-0.39, 0.29) is 11.7 Å². The third-order valence-corrected chi connectivity index (χ3v) is 5.09. The van der Waals surface area contributed by atoms with Gasteiger partial charge in [0.2, 0.25) is 5.91 Å². The zero-order valence-corrected chi connectivity index (χ0v) is 11.0. The summed E-state index contributed by atoms with van der Waals surface area (Å²) in [6.07, 6.45) is 7.73. The molecular weight excluding hydrogens is 212 g/mol. The summed E-state index contributed by atoms with van der Waals surface area (Å²) in [5.74, 6) is 1.90. The molecule has 2 aliphatic carbocycles. The molecule has 2 saturated carbocycles. The third-order valence-electron chi connectivity index (χ3n) is 5.09. The predicted molar refractivity (Wildman–Crippen MR) is 67.4 cm³/mol. The SMILES string of the molecule is CC1CCCCC1CN1C(=O)C2(CC2)NC1C. The van der Waals surface area contributed by atoms with Crippen molar-refractivity contribution in [3.05, 3.63) is 0 Å². The minimum Gasteiger partial charge on any atom is -0.326 e. The first-order chi connectivity index (χ1) is 8.12. The van der Waals surface area contributed by atoms with E-state index < -0.39 is 0 Å². The molecule has 1 heterocycles. The van der Waals surface area contributed by atoms with Crippen molar-refractivity contribution < 1.29 is 4.79 Å². The Bertz CT molecular complexity index is 324. The van der Waals surface area contributed by atoms with E-state index >= 15 is 0 Å². The van der Waals surface area contributed by atoms with Gasteiger partial charge < -0.3 is 4.90 Å².